The van der Waals surface area contributed by atoms with Gasteiger partial charge in [-0.15, -0.1) is 0 Å². The molecule has 4 heterocycles. The topological polar surface area (TPSA) is 113 Å². The van der Waals surface area contributed by atoms with Crippen LogP contribution in [0.25, 0.3) is 22.3 Å². The molecule has 1 saturated heterocycles. The summed E-state index contributed by atoms with van der Waals surface area (Å²) >= 11 is 0. The first-order valence-corrected chi connectivity index (χ1v) is 8.48. The Hall–Kier alpha value is -2.71. The van der Waals surface area contributed by atoms with Crippen LogP contribution in [0.4, 0.5) is 11.6 Å². The highest BCUT2D eigenvalue weighted by Crippen LogP contribution is 2.34. The largest absolute Gasteiger partial charge is 0.368 e. The Bertz CT molecular complexity index is 866. The fourth-order valence-electron chi connectivity index (χ4n) is 3.42. The third kappa shape index (κ3) is 3.01. The van der Waals surface area contributed by atoms with Crippen LogP contribution < -0.4 is 16.4 Å². The number of rotatable bonds is 4. The molecule has 1 aliphatic rings. The molecule has 0 aliphatic carbocycles. The van der Waals surface area contributed by atoms with Crippen LogP contribution in [0.1, 0.15) is 0 Å². The third-order valence-electron chi connectivity index (χ3n) is 4.66. The minimum absolute atomic E-state index is 0.271. The van der Waals surface area contributed by atoms with Crippen molar-refractivity contribution >= 4 is 22.7 Å². The molecule has 0 amide bonds. The van der Waals surface area contributed by atoms with Crippen molar-refractivity contribution in [2.24, 2.45) is 5.73 Å². The lowest BCUT2D eigenvalue weighted by atomic mass is 10.1. The molecule has 1 aliphatic heterocycles. The number of nitrogens with two attached hydrogens (primary N) is 2. The zero-order chi connectivity index (χ0) is 17.2. The van der Waals surface area contributed by atoms with Crippen molar-refractivity contribution in [3.05, 3.63) is 30.7 Å². The number of aromatic amines is 1. The van der Waals surface area contributed by atoms with Gasteiger partial charge in [0.25, 0.3) is 0 Å². The number of piperazine rings is 1. The number of fused-ring (bicyclic) bond motifs is 1. The smallest absolute Gasteiger partial charge is 0.220 e. The summed E-state index contributed by atoms with van der Waals surface area (Å²) < 4.78 is 0. The molecule has 0 atom stereocenters. The summed E-state index contributed by atoms with van der Waals surface area (Å²) in [6.07, 6.45) is 5.46. The summed E-state index contributed by atoms with van der Waals surface area (Å²) in [5.74, 6) is 0.271. The first kappa shape index (κ1) is 15.8. The molecule has 3 aromatic rings. The maximum Gasteiger partial charge on any atom is 0.220 e. The molecule has 130 valence electrons. The number of H-pyrrole nitrogens is 1. The Labute approximate surface area is 145 Å². The Morgan fingerprint density at radius 2 is 1.88 bits per heavy atom. The second-order valence-electron chi connectivity index (χ2n) is 6.17. The van der Waals surface area contributed by atoms with Crippen LogP contribution >= 0.6 is 0 Å². The molecule has 8 nitrogen and oxygen atoms in total. The maximum atomic E-state index is 5.76. The SMILES string of the molecule is NCCN1CCN(c2ccnc3[nH]cc(-c4ccnc(N)n4)c23)CC1. The molecule has 0 radical (unpaired) electrons. The molecular weight excluding hydrogens is 316 g/mol. The Morgan fingerprint density at radius 3 is 2.64 bits per heavy atom. The molecule has 4 rings (SSSR count). The van der Waals surface area contributed by atoms with Gasteiger partial charge in [-0.05, 0) is 12.1 Å². The van der Waals surface area contributed by atoms with Gasteiger partial charge < -0.3 is 21.4 Å². The van der Waals surface area contributed by atoms with Crippen LogP contribution in [0, 0.1) is 0 Å². The van der Waals surface area contributed by atoms with Crippen LogP contribution in [-0.2, 0) is 0 Å². The molecule has 0 unspecified atom stereocenters. The summed E-state index contributed by atoms with van der Waals surface area (Å²) in [7, 11) is 0. The summed E-state index contributed by atoms with van der Waals surface area (Å²) in [6.45, 7) is 5.62. The zero-order valence-electron chi connectivity index (χ0n) is 14.0. The lowest BCUT2D eigenvalue weighted by Crippen LogP contribution is -2.47. The second-order valence-corrected chi connectivity index (χ2v) is 6.17. The van der Waals surface area contributed by atoms with E-state index in [9.17, 15) is 0 Å². The molecule has 8 heteroatoms. The molecule has 0 saturated carbocycles. The third-order valence-corrected chi connectivity index (χ3v) is 4.66. The molecule has 1 fully saturated rings. The van der Waals surface area contributed by atoms with E-state index in [1.54, 1.807) is 6.20 Å². The van der Waals surface area contributed by atoms with Crippen molar-refractivity contribution in [2.45, 2.75) is 0 Å². The summed E-state index contributed by atoms with van der Waals surface area (Å²) in [5.41, 5.74) is 15.3. The molecule has 5 N–H and O–H groups in total. The van der Waals surface area contributed by atoms with Gasteiger partial charge in [0.05, 0.1) is 16.8 Å². The number of nitrogens with zero attached hydrogens (tertiary/aromatic N) is 5. The summed E-state index contributed by atoms with van der Waals surface area (Å²) in [5, 5.41) is 1.08. The first-order valence-electron chi connectivity index (χ1n) is 8.48. The predicted octanol–water partition coefficient (Wildman–Crippen LogP) is 0.683. The molecule has 25 heavy (non-hydrogen) atoms. The number of hydrogen-bond acceptors (Lipinski definition) is 7. The fraction of sp³-hybridized carbons (Fsp3) is 0.353. The van der Waals surface area contributed by atoms with E-state index in [2.05, 4.69) is 35.8 Å². The average molecular weight is 338 g/mol. The molecular formula is C17H22N8. The summed E-state index contributed by atoms with van der Waals surface area (Å²) in [6, 6.07) is 3.94. The van der Waals surface area contributed by atoms with Gasteiger partial charge in [-0.3, -0.25) is 4.90 Å². The van der Waals surface area contributed by atoms with Crippen molar-refractivity contribution in [3.8, 4) is 11.3 Å². The molecule has 0 aromatic carbocycles. The number of hydrogen-bond donors (Lipinski definition) is 3. The monoisotopic (exact) mass is 338 g/mol. The Balaban J connectivity index is 1.72. The van der Waals surface area contributed by atoms with E-state index in [4.69, 9.17) is 11.5 Å². The van der Waals surface area contributed by atoms with Gasteiger partial charge in [0, 0.05) is 63.4 Å². The number of pyridine rings is 1. The van der Waals surface area contributed by atoms with Gasteiger partial charge >= 0.3 is 0 Å². The van der Waals surface area contributed by atoms with Crippen molar-refractivity contribution in [3.63, 3.8) is 0 Å². The lowest BCUT2D eigenvalue weighted by Gasteiger charge is -2.36. The van der Waals surface area contributed by atoms with Gasteiger partial charge in [0.2, 0.25) is 5.95 Å². The summed E-state index contributed by atoms with van der Waals surface area (Å²) in [4.78, 5) is 20.9. The van der Waals surface area contributed by atoms with E-state index in [1.807, 2.05) is 18.5 Å². The predicted molar refractivity (Wildman–Crippen MR) is 99.2 cm³/mol. The van der Waals surface area contributed by atoms with Crippen LogP contribution in [0.2, 0.25) is 0 Å². The number of aromatic nitrogens is 4. The van der Waals surface area contributed by atoms with E-state index in [-0.39, 0.29) is 5.95 Å². The minimum Gasteiger partial charge on any atom is -0.368 e. The Morgan fingerprint density at radius 1 is 1.08 bits per heavy atom. The van der Waals surface area contributed by atoms with E-state index < -0.39 is 0 Å². The van der Waals surface area contributed by atoms with Gasteiger partial charge in [-0.25, -0.2) is 15.0 Å². The van der Waals surface area contributed by atoms with Gasteiger partial charge in [-0.1, -0.05) is 0 Å². The van der Waals surface area contributed by atoms with Crippen molar-refractivity contribution < 1.29 is 0 Å². The highest BCUT2D eigenvalue weighted by atomic mass is 15.3. The molecule has 3 aromatic heterocycles. The van der Waals surface area contributed by atoms with E-state index >= 15 is 0 Å². The van der Waals surface area contributed by atoms with E-state index in [0.717, 1.165) is 55.0 Å². The normalized spacial score (nSPS) is 15.8. The van der Waals surface area contributed by atoms with Gasteiger partial charge in [0.15, 0.2) is 0 Å². The van der Waals surface area contributed by atoms with Crippen molar-refractivity contribution in [1.82, 2.24) is 24.8 Å². The van der Waals surface area contributed by atoms with E-state index in [1.165, 1.54) is 5.69 Å². The standard InChI is InChI=1S/C17H22N8/c18-3-6-24-7-9-25(10-8-24)14-2-5-20-16-15(14)12(11-22-16)13-1-4-21-17(19)23-13/h1-2,4-5,11H,3,6-10,18H2,(H,20,22)(H2,19,21,23). The average Bonchev–Trinajstić information content (AvgIpc) is 3.07. The van der Waals surface area contributed by atoms with E-state index in [0.29, 0.717) is 6.54 Å². The van der Waals surface area contributed by atoms with Crippen LogP contribution in [0.3, 0.4) is 0 Å². The number of anilines is 2. The fourth-order valence-corrected chi connectivity index (χ4v) is 3.42. The maximum absolute atomic E-state index is 5.76. The van der Waals surface area contributed by atoms with Crippen molar-refractivity contribution in [1.29, 1.82) is 0 Å². The highest BCUT2D eigenvalue weighted by Gasteiger charge is 2.21. The quantitative estimate of drug-likeness (QED) is 0.641. The lowest BCUT2D eigenvalue weighted by molar-refractivity contribution is 0.265. The van der Waals surface area contributed by atoms with Crippen molar-refractivity contribution in [2.75, 3.05) is 49.9 Å². The van der Waals surface area contributed by atoms with Gasteiger partial charge in [0.1, 0.15) is 5.65 Å². The van der Waals surface area contributed by atoms with Gasteiger partial charge in [-0.2, -0.15) is 0 Å². The van der Waals surface area contributed by atoms with Crippen LogP contribution in [0.5, 0.6) is 0 Å². The Kier molecular flexibility index (Phi) is 4.21. The van der Waals surface area contributed by atoms with Crippen LogP contribution in [-0.4, -0.2) is 64.1 Å². The zero-order valence-corrected chi connectivity index (χ0v) is 14.0. The van der Waals surface area contributed by atoms with Crippen LogP contribution in [0.15, 0.2) is 30.7 Å². The number of nitrogens with one attached hydrogen (secondary N) is 1. The first-order chi connectivity index (χ1) is 12.3. The molecule has 0 spiro atoms. The highest BCUT2D eigenvalue weighted by molar-refractivity contribution is 6.02. The second kappa shape index (κ2) is 6.66. The molecule has 0 bridgehead atoms. The minimum atomic E-state index is 0.271. The number of nitrogen functional groups attached to an aromatic ring is 1.